The first-order valence-corrected chi connectivity index (χ1v) is 5.88. The van der Waals surface area contributed by atoms with Crippen LogP contribution in [0.3, 0.4) is 0 Å². The summed E-state index contributed by atoms with van der Waals surface area (Å²) in [5, 5.41) is 12.5. The lowest BCUT2D eigenvalue weighted by Gasteiger charge is -2.24. The van der Waals surface area contributed by atoms with E-state index in [4.69, 9.17) is 0 Å². The van der Waals surface area contributed by atoms with E-state index in [0.29, 0.717) is 12.1 Å². The topological polar surface area (TPSA) is 35.5 Å². The van der Waals surface area contributed by atoms with Crippen molar-refractivity contribution in [2.24, 2.45) is 0 Å². The molecule has 0 aliphatic carbocycles. The first-order valence-electron chi connectivity index (χ1n) is 5.88. The minimum atomic E-state index is 0.283. The maximum absolute atomic E-state index is 9.18. The summed E-state index contributed by atoms with van der Waals surface area (Å²) in [4.78, 5) is 2.34. The molecule has 0 bridgehead atoms. The van der Waals surface area contributed by atoms with Gasteiger partial charge in [0.05, 0.1) is 6.61 Å². The fourth-order valence-corrected chi connectivity index (χ4v) is 2.00. The lowest BCUT2D eigenvalue weighted by molar-refractivity contribution is 0.167. The van der Waals surface area contributed by atoms with Crippen LogP contribution >= 0.6 is 0 Å². The predicted molar refractivity (Wildman–Crippen MR) is 64.0 cm³/mol. The minimum Gasteiger partial charge on any atom is -0.395 e. The molecule has 2 N–H and O–H groups in total. The van der Waals surface area contributed by atoms with Crippen LogP contribution < -0.4 is 5.32 Å². The predicted octanol–water partition coefficient (Wildman–Crippen LogP) is 0.997. The van der Waals surface area contributed by atoms with Crippen LogP contribution in [0, 0.1) is 0 Å². The number of nitrogens with one attached hydrogen (secondary N) is 1. The number of nitrogens with zero attached hydrogens (tertiary/aromatic N) is 1. The first kappa shape index (κ1) is 12.7. The molecular weight excluding hydrogens is 188 g/mol. The smallest absolute Gasteiger partial charge is 0.0587 e. The van der Waals surface area contributed by atoms with Crippen LogP contribution in [0.5, 0.6) is 0 Å². The summed E-state index contributed by atoms with van der Waals surface area (Å²) < 4.78 is 0. The molecule has 1 saturated heterocycles. The lowest BCUT2D eigenvalue weighted by Crippen LogP contribution is -2.36. The Bertz CT molecular complexity index is 204. The second kappa shape index (κ2) is 6.26. The number of likely N-dealkylation sites (tertiary alicyclic amines) is 1. The number of hydrogen-bond donors (Lipinski definition) is 2. The van der Waals surface area contributed by atoms with Gasteiger partial charge >= 0.3 is 0 Å². The fraction of sp³-hybridized carbons (Fsp3) is 0.833. The fourth-order valence-electron chi connectivity index (χ4n) is 2.00. The van der Waals surface area contributed by atoms with Gasteiger partial charge in [-0.15, -0.1) is 0 Å². The van der Waals surface area contributed by atoms with Gasteiger partial charge in [0.1, 0.15) is 0 Å². The molecule has 0 radical (unpaired) electrons. The van der Waals surface area contributed by atoms with E-state index in [-0.39, 0.29) is 6.61 Å². The molecule has 0 aromatic rings. The third-order valence-electron chi connectivity index (χ3n) is 2.90. The number of aliphatic hydroxyl groups excluding tert-OH is 1. The Kier molecular flexibility index (Phi) is 5.29. The quantitative estimate of drug-likeness (QED) is 0.645. The van der Waals surface area contributed by atoms with Crippen molar-refractivity contribution in [2.45, 2.75) is 38.8 Å². The maximum atomic E-state index is 9.18. The van der Waals surface area contributed by atoms with Crippen LogP contribution in [0.1, 0.15) is 26.7 Å². The van der Waals surface area contributed by atoms with Crippen molar-refractivity contribution in [3.63, 3.8) is 0 Å². The second-order valence-electron chi connectivity index (χ2n) is 4.73. The molecule has 1 unspecified atom stereocenters. The molecule has 1 atom stereocenters. The summed E-state index contributed by atoms with van der Waals surface area (Å²) in [6, 6.07) is 0.870. The van der Waals surface area contributed by atoms with E-state index < -0.39 is 0 Å². The first-order chi connectivity index (χ1) is 7.13. The summed E-state index contributed by atoms with van der Waals surface area (Å²) in [5.41, 5.74) is 1.21. The maximum Gasteiger partial charge on any atom is 0.0587 e. The Balaban J connectivity index is 2.24. The molecule has 0 aromatic heterocycles. The SMILES string of the molecule is C=C(CNC(C)C)CN1CCCC1CO. The zero-order valence-electron chi connectivity index (χ0n) is 10.00. The van der Waals surface area contributed by atoms with Crippen molar-refractivity contribution in [3.8, 4) is 0 Å². The molecule has 15 heavy (non-hydrogen) atoms. The van der Waals surface area contributed by atoms with Gasteiger partial charge < -0.3 is 10.4 Å². The van der Waals surface area contributed by atoms with Crippen molar-refractivity contribution >= 4 is 0 Å². The summed E-state index contributed by atoms with van der Waals surface area (Å²) >= 11 is 0. The highest BCUT2D eigenvalue weighted by Crippen LogP contribution is 2.17. The largest absolute Gasteiger partial charge is 0.395 e. The Morgan fingerprint density at radius 3 is 2.93 bits per heavy atom. The number of hydrogen-bond acceptors (Lipinski definition) is 3. The molecule has 3 nitrogen and oxygen atoms in total. The molecule has 1 heterocycles. The van der Waals surface area contributed by atoms with Gasteiger partial charge in [-0.2, -0.15) is 0 Å². The van der Waals surface area contributed by atoms with E-state index in [9.17, 15) is 5.11 Å². The minimum absolute atomic E-state index is 0.283. The van der Waals surface area contributed by atoms with Crippen LogP contribution in [0.4, 0.5) is 0 Å². The summed E-state index contributed by atoms with van der Waals surface area (Å²) in [6.07, 6.45) is 2.33. The Morgan fingerprint density at radius 2 is 2.33 bits per heavy atom. The van der Waals surface area contributed by atoms with E-state index in [1.165, 1.54) is 12.0 Å². The van der Waals surface area contributed by atoms with Gasteiger partial charge in [0, 0.05) is 25.2 Å². The van der Waals surface area contributed by atoms with Gasteiger partial charge in [-0.3, -0.25) is 4.90 Å². The highest BCUT2D eigenvalue weighted by Gasteiger charge is 2.23. The van der Waals surface area contributed by atoms with E-state index >= 15 is 0 Å². The van der Waals surface area contributed by atoms with Gasteiger partial charge in [-0.1, -0.05) is 20.4 Å². The molecule has 88 valence electrons. The molecule has 1 fully saturated rings. The van der Waals surface area contributed by atoms with E-state index in [2.05, 4.69) is 30.6 Å². The average Bonchev–Trinajstić information content (AvgIpc) is 2.62. The van der Waals surface area contributed by atoms with E-state index in [1.54, 1.807) is 0 Å². The van der Waals surface area contributed by atoms with Gasteiger partial charge in [-0.05, 0) is 25.0 Å². The monoisotopic (exact) mass is 212 g/mol. The molecule has 1 rings (SSSR count). The standard InChI is InChI=1S/C12H24N2O/c1-10(2)13-7-11(3)8-14-6-4-5-12(14)9-15/h10,12-13,15H,3-9H2,1-2H3. The van der Waals surface area contributed by atoms with E-state index in [0.717, 1.165) is 26.1 Å². The van der Waals surface area contributed by atoms with Gasteiger partial charge in [0.25, 0.3) is 0 Å². The Labute approximate surface area is 93.2 Å². The molecule has 1 aliphatic heterocycles. The molecule has 1 aliphatic rings. The summed E-state index contributed by atoms with van der Waals surface area (Å²) in [6.45, 7) is 11.5. The van der Waals surface area contributed by atoms with Crippen LogP contribution in [0.2, 0.25) is 0 Å². The van der Waals surface area contributed by atoms with Crippen LogP contribution in [-0.2, 0) is 0 Å². The number of aliphatic hydroxyl groups is 1. The zero-order chi connectivity index (χ0) is 11.3. The molecule has 0 aromatic carbocycles. The molecule has 0 spiro atoms. The van der Waals surface area contributed by atoms with Crippen molar-refractivity contribution < 1.29 is 5.11 Å². The lowest BCUT2D eigenvalue weighted by atomic mass is 10.2. The highest BCUT2D eigenvalue weighted by molar-refractivity contribution is 5.02. The van der Waals surface area contributed by atoms with Crippen molar-refractivity contribution in [1.29, 1.82) is 0 Å². The Morgan fingerprint density at radius 1 is 1.60 bits per heavy atom. The van der Waals surface area contributed by atoms with Gasteiger partial charge in [0.2, 0.25) is 0 Å². The third kappa shape index (κ3) is 4.33. The molecule has 0 saturated carbocycles. The third-order valence-corrected chi connectivity index (χ3v) is 2.90. The highest BCUT2D eigenvalue weighted by atomic mass is 16.3. The van der Waals surface area contributed by atoms with Gasteiger partial charge in [0.15, 0.2) is 0 Å². The average molecular weight is 212 g/mol. The second-order valence-corrected chi connectivity index (χ2v) is 4.73. The normalized spacial score (nSPS) is 22.5. The van der Waals surface area contributed by atoms with E-state index in [1.807, 2.05) is 0 Å². The van der Waals surface area contributed by atoms with Crippen LogP contribution in [0.15, 0.2) is 12.2 Å². The van der Waals surface area contributed by atoms with Crippen LogP contribution in [-0.4, -0.2) is 48.3 Å². The Hall–Kier alpha value is -0.380. The molecular formula is C12H24N2O. The van der Waals surface area contributed by atoms with Crippen molar-refractivity contribution in [3.05, 3.63) is 12.2 Å². The van der Waals surface area contributed by atoms with Crippen LogP contribution in [0.25, 0.3) is 0 Å². The zero-order valence-corrected chi connectivity index (χ0v) is 10.00. The molecule has 3 heteroatoms. The number of rotatable bonds is 6. The van der Waals surface area contributed by atoms with Gasteiger partial charge in [-0.25, -0.2) is 0 Å². The summed E-state index contributed by atoms with van der Waals surface area (Å²) in [7, 11) is 0. The molecule has 0 amide bonds. The van der Waals surface area contributed by atoms with Crippen molar-refractivity contribution in [1.82, 2.24) is 10.2 Å². The summed E-state index contributed by atoms with van der Waals surface area (Å²) in [5.74, 6) is 0. The van der Waals surface area contributed by atoms with Crippen molar-refractivity contribution in [2.75, 3.05) is 26.2 Å².